The second-order valence-corrected chi connectivity index (χ2v) is 8.70. The summed E-state index contributed by atoms with van der Waals surface area (Å²) in [7, 11) is 0. The summed E-state index contributed by atoms with van der Waals surface area (Å²) in [6.07, 6.45) is 9.06. The lowest BCUT2D eigenvalue weighted by molar-refractivity contribution is -0.134. The molecule has 3 fully saturated rings. The van der Waals surface area contributed by atoms with E-state index in [1.54, 1.807) is 0 Å². The Morgan fingerprint density at radius 1 is 1.17 bits per heavy atom. The van der Waals surface area contributed by atoms with Crippen LogP contribution in [0.5, 0.6) is 0 Å². The lowest BCUT2D eigenvalue weighted by Gasteiger charge is -2.26. The third-order valence-electron chi connectivity index (χ3n) is 6.64. The monoisotopic (exact) mass is 405 g/mol. The maximum atomic E-state index is 12.7. The van der Waals surface area contributed by atoms with Gasteiger partial charge in [-0.1, -0.05) is 19.8 Å². The minimum atomic E-state index is 0.259. The van der Waals surface area contributed by atoms with E-state index in [0.717, 1.165) is 70.7 Å². The molecule has 2 aliphatic heterocycles. The summed E-state index contributed by atoms with van der Waals surface area (Å²) in [5.74, 6) is 1.74. The summed E-state index contributed by atoms with van der Waals surface area (Å²) >= 11 is 0. The number of nitrogens with one attached hydrogen (secondary N) is 2. The van der Waals surface area contributed by atoms with E-state index in [1.807, 2.05) is 9.80 Å². The Labute approximate surface area is 175 Å². The first-order chi connectivity index (χ1) is 14.1. The third kappa shape index (κ3) is 5.86. The highest BCUT2D eigenvalue weighted by atomic mass is 16.2. The molecule has 164 valence electrons. The van der Waals surface area contributed by atoms with Crippen molar-refractivity contribution in [3.8, 4) is 0 Å². The Morgan fingerprint density at radius 3 is 2.62 bits per heavy atom. The molecule has 2 N–H and O–H groups in total. The number of guanidine groups is 1. The van der Waals surface area contributed by atoms with Crippen LogP contribution in [-0.4, -0.2) is 72.4 Å². The van der Waals surface area contributed by atoms with E-state index in [9.17, 15) is 9.59 Å². The van der Waals surface area contributed by atoms with Gasteiger partial charge in [-0.2, -0.15) is 0 Å². The van der Waals surface area contributed by atoms with Crippen LogP contribution in [0.2, 0.25) is 0 Å². The summed E-state index contributed by atoms with van der Waals surface area (Å²) in [4.78, 5) is 33.5. The summed E-state index contributed by atoms with van der Waals surface area (Å²) in [6.45, 7) is 8.25. The van der Waals surface area contributed by atoms with Gasteiger partial charge in [-0.3, -0.25) is 14.6 Å². The Balaban J connectivity index is 1.47. The second-order valence-electron chi connectivity index (χ2n) is 8.70. The highest BCUT2D eigenvalue weighted by molar-refractivity contribution is 5.81. The van der Waals surface area contributed by atoms with Crippen LogP contribution in [0.15, 0.2) is 4.99 Å². The van der Waals surface area contributed by atoms with Crippen LogP contribution in [0.1, 0.15) is 71.6 Å². The van der Waals surface area contributed by atoms with Crippen LogP contribution in [0, 0.1) is 5.92 Å². The fraction of sp³-hybridized carbons (Fsp3) is 0.864. The minimum Gasteiger partial charge on any atom is -0.357 e. The van der Waals surface area contributed by atoms with Gasteiger partial charge in [0, 0.05) is 57.1 Å². The molecule has 2 atom stereocenters. The van der Waals surface area contributed by atoms with E-state index in [0.29, 0.717) is 30.8 Å². The summed E-state index contributed by atoms with van der Waals surface area (Å²) < 4.78 is 0. The molecule has 0 bridgehead atoms. The van der Waals surface area contributed by atoms with Gasteiger partial charge in [0.1, 0.15) is 0 Å². The van der Waals surface area contributed by atoms with Gasteiger partial charge in [0.05, 0.1) is 0 Å². The predicted molar refractivity (Wildman–Crippen MR) is 116 cm³/mol. The normalized spacial score (nSPS) is 24.4. The second kappa shape index (κ2) is 10.8. The van der Waals surface area contributed by atoms with Gasteiger partial charge in [0.2, 0.25) is 11.8 Å². The van der Waals surface area contributed by atoms with E-state index >= 15 is 0 Å². The van der Waals surface area contributed by atoms with Crippen LogP contribution in [0.4, 0.5) is 0 Å². The van der Waals surface area contributed by atoms with Crippen LogP contribution in [0.3, 0.4) is 0 Å². The molecule has 2 heterocycles. The van der Waals surface area contributed by atoms with Gasteiger partial charge in [0.25, 0.3) is 0 Å². The van der Waals surface area contributed by atoms with Gasteiger partial charge in [0.15, 0.2) is 5.96 Å². The number of likely N-dealkylation sites (tertiary alicyclic amines) is 2. The molecule has 0 aromatic carbocycles. The number of carbonyl (C=O) groups is 2. The zero-order chi connectivity index (χ0) is 20.6. The summed E-state index contributed by atoms with van der Waals surface area (Å²) in [5.41, 5.74) is 0. The van der Waals surface area contributed by atoms with E-state index in [1.165, 1.54) is 12.8 Å². The molecule has 3 rings (SSSR count). The molecule has 0 aromatic rings. The van der Waals surface area contributed by atoms with E-state index in [4.69, 9.17) is 4.99 Å². The molecule has 7 nitrogen and oxygen atoms in total. The number of aliphatic imine (C=N–C) groups is 1. The van der Waals surface area contributed by atoms with Crippen molar-refractivity contribution >= 4 is 17.8 Å². The van der Waals surface area contributed by atoms with Crippen molar-refractivity contribution in [1.29, 1.82) is 0 Å². The van der Waals surface area contributed by atoms with E-state index in [-0.39, 0.29) is 12.0 Å². The quantitative estimate of drug-likeness (QED) is 0.479. The standard InChI is InChI=1S/C22H39N5O2/c1-3-19(27-14-7-10-20(27)28)11-13-24-22(23-4-2)25-18-12-15-26(16-18)21(29)17-8-5-6-9-17/h17-19H,3-16H2,1-2H3,(H2,23,24,25). The average molecular weight is 406 g/mol. The Hall–Kier alpha value is -1.79. The lowest BCUT2D eigenvalue weighted by Crippen LogP contribution is -2.45. The largest absolute Gasteiger partial charge is 0.357 e. The van der Waals surface area contributed by atoms with Crippen molar-refractivity contribution in [2.75, 3.05) is 32.7 Å². The Bertz CT molecular complexity index is 588. The maximum Gasteiger partial charge on any atom is 0.225 e. The molecule has 0 aromatic heterocycles. The van der Waals surface area contributed by atoms with Crippen LogP contribution < -0.4 is 10.6 Å². The van der Waals surface area contributed by atoms with Crippen molar-refractivity contribution in [2.24, 2.45) is 10.9 Å². The molecular formula is C22H39N5O2. The molecule has 29 heavy (non-hydrogen) atoms. The van der Waals surface area contributed by atoms with E-state index < -0.39 is 0 Å². The van der Waals surface area contributed by atoms with Crippen LogP contribution in [-0.2, 0) is 9.59 Å². The topological polar surface area (TPSA) is 77.0 Å². The third-order valence-corrected chi connectivity index (χ3v) is 6.64. The first-order valence-corrected chi connectivity index (χ1v) is 11.8. The fourth-order valence-electron chi connectivity index (χ4n) is 4.98. The van der Waals surface area contributed by atoms with Crippen molar-refractivity contribution in [1.82, 2.24) is 20.4 Å². The number of hydrogen-bond donors (Lipinski definition) is 2. The first kappa shape index (κ1) is 21.9. The van der Waals surface area contributed by atoms with Gasteiger partial charge in [-0.15, -0.1) is 0 Å². The number of hydrogen-bond acceptors (Lipinski definition) is 3. The molecule has 0 radical (unpaired) electrons. The minimum absolute atomic E-state index is 0.259. The molecule has 3 aliphatic rings. The number of nitrogens with zero attached hydrogens (tertiary/aromatic N) is 3. The zero-order valence-corrected chi connectivity index (χ0v) is 18.3. The number of carbonyl (C=O) groups excluding carboxylic acids is 2. The zero-order valence-electron chi connectivity index (χ0n) is 18.3. The Kier molecular flexibility index (Phi) is 8.19. The van der Waals surface area contributed by atoms with Crippen molar-refractivity contribution in [3.63, 3.8) is 0 Å². The lowest BCUT2D eigenvalue weighted by atomic mass is 10.1. The van der Waals surface area contributed by atoms with Crippen LogP contribution in [0.25, 0.3) is 0 Å². The first-order valence-electron chi connectivity index (χ1n) is 11.8. The van der Waals surface area contributed by atoms with Crippen molar-refractivity contribution in [3.05, 3.63) is 0 Å². The van der Waals surface area contributed by atoms with Gasteiger partial charge in [-0.05, 0) is 45.4 Å². The number of amides is 2. The summed E-state index contributed by atoms with van der Waals surface area (Å²) in [6, 6.07) is 0.558. The highest BCUT2D eigenvalue weighted by Gasteiger charge is 2.32. The molecule has 2 amide bonds. The van der Waals surface area contributed by atoms with E-state index in [2.05, 4.69) is 24.5 Å². The molecule has 2 unspecified atom stereocenters. The molecule has 1 aliphatic carbocycles. The smallest absolute Gasteiger partial charge is 0.225 e. The van der Waals surface area contributed by atoms with Crippen molar-refractivity contribution in [2.45, 2.75) is 83.7 Å². The van der Waals surface area contributed by atoms with Gasteiger partial charge in [-0.25, -0.2) is 0 Å². The predicted octanol–water partition coefficient (Wildman–Crippen LogP) is 2.12. The summed E-state index contributed by atoms with van der Waals surface area (Å²) in [5, 5.41) is 6.86. The van der Waals surface area contributed by atoms with Gasteiger partial charge < -0.3 is 20.4 Å². The van der Waals surface area contributed by atoms with Gasteiger partial charge >= 0.3 is 0 Å². The van der Waals surface area contributed by atoms with Crippen molar-refractivity contribution < 1.29 is 9.59 Å². The highest BCUT2D eigenvalue weighted by Crippen LogP contribution is 2.27. The molecule has 1 saturated carbocycles. The Morgan fingerprint density at radius 2 is 1.97 bits per heavy atom. The molecule has 7 heteroatoms. The average Bonchev–Trinajstić information content (AvgIpc) is 3.47. The maximum absolute atomic E-state index is 12.7. The molecular weight excluding hydrogens is 366 g/mol. The number of rotatable bonds is 8. The molecule has 2 saturated heterocycles. The fourth-order valence-corrected chi connectivity index (χ4v) is 4.98. The van der Waals surface area contributed by atoms with Crippen LogP contribution >= 0.6 is 0 Å². The SMILES string of the molecule is CCNC(=NCCC(CC)N1CCCC1=O)NC1CCN(C(=O)C2CCCC2)C1. The molecule has 0 spiro atoms.